The molecule has 1 aliphatic heterocycles. The lowest BCUT2D eigenvalue weighted by molar-refractivity contribution is -0.139. The van der Waals surface area contributed by atoms with Gasteiger partial charge in [0.1, 0.15) is 12.3 Å². The SMILES string of the molecule is CCCCCC(=O)N1C[C@H](n2cc(COC(=O)c3ccccc3)nn2)[C@@H](O)C[C@@H]1c1ccc(C)cc1. The quantitative estimate of drug-likeness (QED) is 0.353. The Kier molecular flexibility index (Phi) is 8.48. The third kappa shape index (κ3) is 6.18. The lowest BCUT2D eigenvalue weighted by Crippen LogP contribution is -2.48. The smallest absolute Gasteiger partial charge is 0.338 e. The summed E-state index contributed by atoms with van der Waals surface area (Å²) in [6.07, 6.45) is 4.76. The number of likely N-dealkylation sites (tertiary alicyclic amines) is 1. The van der Waals surface area contributed by atoms with Crippen molar-refractivity contribution in [3.63, 3.8) is 0 Å². The maximum absolute atomic E-state index is 13.3. The van der Waals surface area contributed by atoms with Crippen molar-refractivity contribution < 1.29 is 19.4 Å². The number of aromatic nitrogens is 3. The first-order valence-corrected chi connectivity index (χ1v) is 12.6. The maximum Gasteiger partial charge on any atom is 0.338 e. The number of aryl methyl sites for hydroxylation is 1. The second-order valence-corrected chi connectivity index (χ2v) is 9.43. The van der Waals surface area contributed by atoms with Gasteiger partial charge in [-0.05, 0) is 31.0 Å². The summed E-state index contributed by atoms with van der Waals surface area (Å²) in [5.74, 6) is -0.351. The number of aliphatic hydroxyl groups excluding tert-OH is 1. The average molecular weight is 491 g/mol. The van der Waals surface area contributed by atoms with Crippen LogP contribution in [0.3, 0.4) is 0 Å². The molecule has 0 bridgehead atoms. The second-order valence-electron chi connectivity index (χ2n) is 9.43. The van der Waals surface area contributed by atoms with Crippen LogP contribution in [-0.2, 0) is 16.1 Å². The first kappa shape index (κ1) is 25.6. The molecule has 1 aromatic heterocycles. The van der Waals surface area contributed by atoms with Crippen LogP contribution in [0.1, 0.15) is 78.3 Å². The number of carbonyl (C=O) groups is 2. The molecule has 0 aliphatic carbocycles. The summed E-state index contributed by atoms with van der Waals surface area (Å²) in [5.41, 5.74) is 3.12. The summed E-state index contributed by atoms with van der Waals surface area (Å²) in [4.78, 5) is 27.4. The molecule has 1 amide bonds. The molecule has 0 radical (unpaired) electrons. The molecule has 3 aromatic rings. The van der Waals surface area contributed by atoms with Gasteiger partial charge in [0.05, 0.1) is 29.9 Å². The van der Waals surface area contributed by atoms with E-state index in [2.05, 4.69) is 17.2 Å². The van der Waals surface area contributed by atoms with Gasteiger partial charge in [-0.25, -0.2) is 9.48 Å². The van der Waals surface area contributed by atoms with Gasteiger partial charge in [0.15, 0.2) is 0 Å². The Bertz CT molecular complexity index is 1150. The fraction of sp³-hybridized carbons (Fsp3) is 0.429. The van der Waals surface area contributed by atoms with Crippen molar-refractivity contribution in [2.24, 2.45) is 0 Å². The van der Waals surface area contributed by atoms with Crippen molar-refractivity contribution >= 4 is 11.9 Å². The minimum atomic E-state index is -0.711. The third-order valence-electron chi connectivity index (χ3n) is 6.70. The molecule has 4 rings (SSSR count). The fourth-order valence-electron chi connectivity index (χ4n) is 4.61. The van der Waals surface area contributed by atoms with Crippen LogP contribution in [0.15, 0.2) is 60.8 Å². The molecule has 8 nitrogen and oxygen atoms in total. The number of ether oxygens (including phenoxy) is 1. The number of unbranched alkanes of at least 4 members (excludes halogenated alkanes) is 2. The molecule has 36 heavy (non-hydrogen) atoms. The summed E-state index contributed by atoms with van der Waals surface area (Å²) in [5, 5.41) is 19.4. The number of hydrogen-bond donors (Lipinski definition) is 1. The van der Waals surface area contributed by atoms with Crippen LogP contribution in [0.4, 0.5) is 0 Å². The lowest BCUT2D eigenvalue weighted by atomic mass is 9.89. The van der Waals surface area contributed by atoms with Crippen LogP contribution in [0.2, 0.25) is 0 Å². The maximum atomic E-state index is 13.3. The van der Waals surface area contributed by atoms with Crippen LogP contribution >= 0.6 is 0 Å². The van der Waals surface area contributed by atoms with E-state index in [-0.39, 0.29) is 18.6 Å². The van der Waals surface area contributed by atoms with Crippen LogP contribution in [0.25, 0.3) is 0 Å². The zero-order valence-electron chi connectivity index (χ0n) is 20.9. The van der Waals surface area contributed by atoms with E-state index in [4.69, 9.17) is 4.74 Å². The molecule has 3 atom stereocenters. The van der Waals surface area contributed by atoms with E-state index in [1.54, 1.807) is 35.1 Å². The molecule has 8 heteroatoms. The second kappa shape index (κ2) is 11.9. The molecule has 0 saturated carbocycles. The van der Waals surface area contributed by atoms with E-state index >= 15 is 0 Å². The van der Waals surface area contributed by atoms with Crippen molar-refractivity contribution in [3.05, 3.63) is 83.2 Å². The van der Waals surface area contributed by atoms with Crippen LogP contribution < -0.4 is 0 Å². The third-order valence-corrected chi connectivity index (χ3v) is 6.70. The van der Waals surface area contributed by atoms with E-state index in [0.29, 0.717) is 30.6 Å². The van der Waals surface area contributed by atoms with Gasteiger partial charge in [0, 0.05) is 19.4 Å². The molecule has 0 unspecified atom stereocenters. The number of esters is 1. The molecule has 1 N–H and O–H groups in total. The van der Waals surface area contributed by atoms with E-state index in [0.717, 1.165) is 30.4 Å². The summed E-state index contributed by atoms with van der Waals surface area (Å²) >= 11 is 0. The highest BCUT2D eigenvalue weighted by Crippen LogP contribution is 2.36. The monoisotopic (exact) mass is 490 g/mol. The highest BCUT2D eigenvalue weighted by Gasteiger charge is 2.39. The van der Waals surface area contributed by atoms with Gasteiger partial charge in [-0.2, -0.15) is 0 Å². The Labute approximate surface area is 211 Å². The van der Waals surface area contributed by atoms with E-state index < -0.39 is 18.1 Å². The standard InChI is InChI=1S/C28H34N4O4/c1-3-4-6-11-27(34)31-18-25(26(33)16-24(31)21-14-12-20(2)13-15-21)32-17-23(29-30-32)19-36-28(35)22-9-7-5-8-10-22/h5,7-10,12-15,17,24-26,33H,3-4,6,11,16,18-19H2,1-2H3/t24-,25+,26+/m1/s1. The Balaban J connectivity index is 1.47. The van der Waals surface area contributed by atoms with Crippen molar-refractivity contribution in [3.8, 4) is 0 Å². The molecule has 2 heterocycles. The summed E-state index contributed by atoms with van der Waals surface area (Å²) in [7, 11) is 0. The summed E-state index contributed by atoms with van der Waals surface area (Å²) in [6, 6.07) is 16.3. The van der Waals surface area contributed by atoms with Gasteiger partial charge in [-0.3, -0.25) is 4.79 Å². The van der Waals surface area contributed by atoms with Crippen LogP contribution in [-0.4, -0.2) is 49.5 Å². The van der Waals surface area contributed by atoms with Crippen LogP contribution in [0.5, 0.6) is 0 Å². The lowest BCUT2D eigenvalue weighted by Gasteiger charge is -2.42. The molecule has 190 valence electrons. The first-order valence-electron chi connectivity index (χ1n) is 12.6. The Morgan fingerprint density at radius 2 is 1.83 bits per heavy atom. The molecular weight excluding hydrogens is 456 g/mol. The molecular formula is C28H34N4O4. The molecule has 1 fully saturated rings. The normalized spacial score (nSPS) is 19.8. The van der Waals surface area contributed by atoms with Gasteiger partial charge >= 0.3 is 5.97 Å². The highest BCUT2D eigenvalue weighted by molar-refractivity contribution is 5.89. The summed E-state index contributed by atoms with van der Waals surface area (Å²) < 4.78 is 6.95. The Morgan fingerprint density at radius 1 is 1.08 bits per heavy atom. The van der Waals surface area contributed by atoms with E-state index in [1.165, 1.54) is 0 Å². The zero-order chi connectivity index (χ0) is 25.5. The number of amides is 1. The van der Waals surface area contributed by atoms with Gasteiger partial charge in [0.25, 0.3) is 0 Å². The van der Waals surface area contributed by atoms with Crippen molar-refractivity contribution in [1.29, 1.82) is 0 Å². The predicted octanol–water partition coefficient (Wildman–Crippen LogP) is 4.40. The zero-order valence-corrected chi connectivity index (χ0v) is 20.9. The van der Waals surface area contributed by atoms with E-state index in [1.807, 2.05) is 42.2 Å². The number of aliphatic hydroxyl groups is 1. The highest BCUT2D eigenvalue weighted by atomic mass is 16.5. The molecule has 0 spiro atoms. The molecule has 2 aromatic carbocycles. The largest absolute Gasteiger partial charge is 0.455 e. The number of benzene rings is 2. The molecule has 1 aliphatic rings. The van der Waals surface area contributed by atoms with Gasteiger partial charge in [-0.1, -0.05) is 73.0 Å². The fourth-order valence-corrected chi connectivity index (χ4v) is 4.61. The minimum absolute atomic E-state index is 0.0256. The van der Waals surface area contributed by atoms with Crippen molar-refractivity contribution in [2.45, 2.75) is 70.7 Å². The number of hydrogen-bond acceptors (Lipinski definition) is 6. The Morgan fingerprint density at radius 3 is 2.56 bits per heavy atom. The summed E-state index contributed by atoms with van der Waals surface area (Å²) in [6.45, 7) is 4.45. The topological polar surface area (TPSA) is 97.6 Å². The van der Waals surface area contributed by atoms with Crippen LogP contribution in [0, 0.1) is 6.92 Å². The number of piperidine rings is 1. The van der Waals surface area contributed by atoms with Gasteiger partial charge in [0.2, 0.25) is 5.91 Å². The average Bonchev–Trinajstić information content (AvgIpc) is 3.37. The van der Waals surface area contributed by atoms with Gasteiger partial charge < -0.3 is 14.7 Å². The van der Waals surface area contributed by atoms with Gasteiger partial charge in [-0.15, -0.1) is 5.10 Å². The van der Waals surface area contributed by atoms with Crippen molar-refractivity contribution in [1.82, 2.24) is 19.9 Å². The van der Waals surface area contributed by atoms with E-state index in [9.17, 15) is 14.7 Å². The predicted molar refractivity (Wildman–Crippen MR) is 135 cm³/mol. The number of carbonyl (C=O) groups excluding carboxylic acids is 2. The van der Waals surface area contributed by atoms with Crippen molar-refractivity contribution in [2.75, 3.05) is 6.54 Å². The number of rotatable bonds is 9. The minimum Gasteiger partial charge on any atom is -0.455 e. The molecule has 1 saturated heterocycles. The first-order chi connectivity index (χ1) is 17.5. The number of nitrogens with zero attached hydrogens (tertiary/aromatic N) is 4. The Hall–Kier alpha value is -3.52.